The van der Waals surface area contributed by atoms with Gasteiger partial charge in [0.1, 0.15) is 18.0 Å². The molecule has 0 saturated carbocycles. The zero-order valence-corrected chi connectivity index (χ0v) is 16.9. The number of carboxylic acid groups (broad SMARTS) is 1. The number of aliphatic carboxylic acids is 1. The van der Waals surface area contributed by atoms with Crippen molar-refractivity contribution in [2.45, 2.75) is 19.4 Å². The van der Waals surface area contributed by atoms with E-state index in [4.69, 9.17) is 14.6 Å². The molecule has 30 heavy (non-hydrogen) atoms. The average Bonchev–Trinajstić information content (AvgIpc) is 3.14. The van der Waals surface area contributed by atoms with Crippen molar-refractivity contribution in [3.63, 3.8) is 0 Å². The lowest BCUT2D eigenvalue weighted by molar-refractivity contribution is -0.137. The minimum absolute atomic E-state index is 0.0137. The van der Waals surface area contributed by atoms with E-state index < -0.39 is 5.97 Å². The largest absolute Gasteiger partial charge is 0.497 e. The Morgan fingerprint density at radius 2 is 1.70 bits per heavy atom. The molecule has 2 N–H and O–H groups in total. The van der Waals surface area contributed by atoms with Crippen LogP contribution in [0.25, 0.3) is 11.3 Å². The Balaban J connectivity index is 1.88. The van der Waals surface area contributed by atoms with Gasteiger partial charge in [-0.15, -0.1) is 0 Å². The first-order valence-corrected chi connectivity index (χ1v) is 9.49. The van der Waals surface area contributed by atoms with Crippen LogP contribution in [0.5, 0.6) is 11.5 Å². The molecular weight excluding hydrogens is 384 g/mol. The first kappa shape index (κ1) is 21.0. The number of nitrogens with one attached hydrogen (secondary N) is 1. The zero-order chi connectivity index (χ0) is 21.5. The van der Waals surface area contributed by atoms with Crippen LogP contribution >= 0.6 is 0 Å². The average molecular weight is 408 g/mol. The van der Waals surface area contributed by atoms with Gasteiger partial charge < -0.3 is 24.5 Å². The van der Waals surface area contributed by atoms with Crippen molar-refractivity contribution in [3.8, 4) is 22.8 Å². The molecule has 0 bridgehead atoms. The van der Waals surface area contributed by atoms with Gasteiger partial charge in [-0.2, -0.15) is 0 Å². The first-order chi connectivity index (χ1) is 14.5. The van der Waals surface area contributed by atoms with Crippen LogP contribution < -0.4 is 14.8 Å². The fourth-order valence-corrected chi connectivity index (χ4v) is 3.24. The van der Waals surface area contributed by atoms with Gasteiger partial charge in [-0.1, -0.05) is 12.1 Å². The molecule has 0 unspecified atom stereocenters. The van der Waals surface area contributed by atoms with E-state index in [1.54, 1.807) is 26.4 Å². The van der Waals surface area contributed by atoms with Gasteiger partial charge in [0, 0.05) is 11.4 Å². The third-order valence-corrected chi connectivity index (χ3v) is 4.73. The highest BCUT2D eigenvalue weighted by atomic mass is 16.5. The van der Waals surface area contributed by atoms with Crippen LogP contribution in [0.4, 0.5) is 5.69 Å². The van der Waals surface area contributed by atoms with E-state index in [2.05, 4.69) is 5.32 Å². The lowest BCUT2D eigenvalue weighted by atomic mass is 10.1. The number of amides is 1. The van der Waals surface area contributed by atoms with Crippen LogP contribution in [0.1, 0.15) is 12.1 Å². The molecule has 3 aromatic rings. The number of carbonyl (C=O) groups excluding carboxylic acids is 1. The fraction of sp³-hybridized carbons (Fsp3) is 0.217. The number of nitrogens with zero attached hydrogens (tertiary/aromatic N) is 1. The number of carboxylic acids is 1. The molecule has 3 rings (SSSR count). The van der Waals surface area contributed by atoms with Crippen molar-refractivity contribution >= 4 is 17.6 Å². The molecule has 2 aromatic carbocycles. The van der Waals surface area contributed by atoms with Crippen LogP contribution in [0, 0.1) is 0 Å². The number of aromatic nitrogens is 1. The Bertz CT molecular complexity index is 1020. The van der Waals surface area contributed by atoms with Crippen molar-refractivity contribution in [1.29, 1.82) is 0 Å². The number of rotatable bonds is 9. The van der Waals surface area contributed by atoms with E-state index in [0.717, 1.165) is 22.7 Å². The van der Waals surface area contributed by atoms with E-state index in [-0.39, 0.29) is 18.9 Å². The highest BCUT2D eigenvalue weighted by Crippen LogP contribution is 2.27. The highest BCUT2D eigenvalue weighted by molar-refractivity contribution is 5.92. The monoisotopic (exact) mass is 408 g/mol. The minimum Gasteiger partial charge on any atom is -0.497 e. The molecule has 1 aromatic heterocycles. The Kier molecular flexibility index (Phi) is 6.75. The van der Waals surface area contributed by atoms with Gasteiger partial charge in [0.2, 0.25) is 5.91 Å². The van der Waals surface area contributed by atoms with Crippen LogP contribution in [-0.4, -0.2) is 35.8 Å². The summed E-state index contributed by atoms with van der Waals surface area (Å²) < 4.78 is 12.3. The molecule has 1 amide bonds. The molecule has 0 radical (unpaired) electrons. The number of benzene rings is 2. The van der Waals surface area contributed by atoms with Crippen molar-refractivity contribution in [2.75, 3.05) is 19.5 Å². The highest BCUT2D eigenvalue weighted by Gasteiger charge is 2.15. The molecule has 1 heterocycles. The van der Waals surface area contributed by atoms with Crippen molar-refractivity contribution < 1.29 is 24.2 Å². The Morgan fingerprint density at radius 3 is 2.37 bits per heavy atom. The Morgan fingerprint density at radius 1 is 0.967 bits per heavy atom. The normalized spacial score (nSPS) is 10.5. The van der Waals surface area contributed by atoms with Crippen molar-refractivity contribution in [3.05, 3.63) is 66.4 Å². The number of para-hydroxylation sites is 2. The number of hydrogen-bond acceptors (Lipinski definition) is 4. The predicted molar refractivity (Wildman–Crippen MR) is 114 cm³/mol. The molecule has 0 aliphatic heterocycles. The van der Waals surface area contributed by atoms with Crippen molar-refractivity contribution in [2.24, 2.45) is 0 Å². The van der Waals surface area contributed by atoms with Crippen LogP contribution in [0.15, 0.2) is 60.7 Å². The predicted octanol–water partition coefficient (Wildman–Crippen LogP) is 3.83. The molecule has 0 aliphatic carbocycles. The van der Waals surface area contributed by atoms with E-state index in [9.17, 15) is 9.59 Å². The van der Waals surface area contributed by atoms with E-state index in [0.29, 0.717) is 17.9 Å². The summed E-state index contributed by atoms with van der Waals surface area (Å²) in [6.45, 7) is 0.0430. The maximum absolute atomic E-state index is 12.8. The number of ether oxygens (including phenoxy) is 2. The third kappa shape index (κ3) is 5.00. The molecular formula is C23H24N2O5. The summed E-state index contributed by atoms with van der Waals surface area (Å²) >= 11 is 0. The summed E-state index contributed by atoms with van der Waals surface area (Å²) in [4.78, 5) is 23.8. The Labute approximate surface area is 174 Å². The van der Waals surface area contributed by atoms with Gasteiger partial charge in [0.05, 0.1) is 26.3 Å². The summed E-state index contributed by atoms with van der Waals surface area (Å²) in [5.41, 5.74) is 3.09. The summed E-state index contributed by atoms with van der Waals surface area (Å²) in [5, 5.41) is 11.9. The molecule has 0 aliphatic rings. The van der Waals surface area contributed by atoms with Gasteiger partial charge in [-0.05, 0) is 60.5 Å². The molecule has 0 fully saturated rings. The second kappa shape index (κ2) is 9.65. The molecule has 7 heteroatoms. The second-order valence-corrected chi connectivity index (χ2v) is 6.67. The first-order valence-electron chi connectivity index (χ1n) is 9.49. The summed E-state index contributed by atoms with van der Waals surface area (Å²) in [5.74, 6) is 0.186. The number of aryl methyl sites for hydroxylation is 1. The summed E-state index contributed by atoms with van der Waals surface area (Å²) in [6, 6.07) is 18.4. The van der Waals surface area contributed by atoms with Crippen LogP contribution in [-0.2, 0) is 22.6 Å². The molecule has 0 atom stereocenters. The SMILES string of the molecule is COc1ccc(-c2ccc(CCC(=O)O)n2CC(=O)Nc2ccccc2OC)cc1. The van der Waals surface area contributed by atoms with Gasteiger partial charge >= 0.3 is 5.97 Å². The zero-order valence-electron chi connectivity index (χ0n) is 16.9. The van der Waals surface area contributed by atoms with E-state index >= 15 is 0 Å². The topological polar surface area (TPSA) is 89.8 Å². The number of carbonyl (C=O) groups is 2. The molecule has 156 valence electrons. The van der Waals surface area contributed by atoms with E-state index in [1.807, 2.05) is 53.1 Å². The summed E-state index contributed by atoms with van der Waals surface area (Å²) in [7, 11) is 3.15. The quantitative estimate of drug-likeness (QED) is 0.562. The van der Waals surface area contributed by atoms with Crippen LogP contribution in [0.2, 0.25) is 0 Å². The maximum Gasteiger partial charge on any atom is 0.303 e. The molecule has 0 saturated heterocycles. The number of methoxy groups -OCH3 is 2. The van der Waals surface area contributed by atoms with Crippen LogP contribution in [0.3, 0.4) is 0 Å². The lowest BCUT2D eigenvalue weighted by Crippen LogP contribution is -2.21. The minimum atomic E-state index is -0.882. The molecule has 0 spiro atoms. The van der Waals surface area contributed by atoms with E-state index in [1.165, 1.54) is 0 Å². The lowest BCUT2D eigenvalue weighted by Gasteiger charge is -2.15. The third-order valence-electron chi connectivity index (χ3n) is 4.73. The number of hydrogen-bond donors (Lipinski definition) is 2. The van der Waals surface area contributed by atoms with Gasteiger partial charge in [-0.25, -0.2) is 0 Å². The molecule has 7 nitrogen and oxygen atoms in total. The van der Waals surface area contributed by atoms with Gasteiger partial charge in [-0.3, -0.25) is 9.59 Å². The Hall–Kier alpha value is -3.74. The summed E-state index contributed by atoms with van der Waals surface area (Å²) in [6.07, 6.45) is 0.313. The van der Waals surface area contributed by atoms with Crippen molar-refractivity contribution in [1.82, 2.24) is 4.57 Å². The maximum atomic E-state index is 12.8. The smallest absolute Gasteiger partial charge is 0.303 e. The number of anilines is 1. The second-order valence-electron chi connectivity index (χ2n) is 6.67. The van der Waals surface area contributed by atoms with Gasteiger partial charge in [0.25, 0.3) is 0 Å². The fourth-order valence-electron chi connectivity index (χ4n) is 3.24. The standard InChI is InChI=1S/C23H24N2O5/c1-29-18-11-7-16(8-12-18)20-13-9-17(10-14-23(27)28)25(20)15-22(26)24-19-5-3-4-6-21(19)30-2/h3-9,11-13H,10,14-15H2,1-2H3,(H,24,26)(H,27,28). The van der Waals surface area contributed by atoms with Gasteiger partial charge in [0.15, 0.2) is 0 Å².